The number of thiophene rings is 1. The second-order valence-corrected chi connectivity index (χ2v) is 10.8. The summed E-state index contributed by atoms with van der Waals surface area (Å²) in [5.74, 6) is 0.784. The standard InChI is InChI=1S/C34H18N2S/c1-2-8-20(9-3-1)32-24-11-4-5-14-26(24)35-34(36-32)25-18-21-17-16-19-10-6-12-22-23-13-7-15-27-30(23)31(33(25)37-27)29(21)28(19)22/h1-18H. The predicted octanol–water partition coefficient (Wildman–Crippen LogP) is 9.67. The van der Waals surface area contributed by atoms with Gasteiger partial charge in [0.05, 0.1) is 11.2 Å². The molecule has 37 heavy (non-hydrogen) atoms. The Kier molecular flexibility index (Phi) is 3.70. The summed E-state index contributed by atoms with van der Waals surface area (Å²) in [7, 11) is 0. The molecule has 7 aromatic carbocycles. The van der Waals surface area contributed by atoms with Crippen LogP contribution in [0.1, 0.15) is 0 Å². The van der Waals surface area contributed by atoms with Crippen LogP contribution in [0.15, 0.2) is 109 Å². The average Bonchev–Trinajstić information content (AvgIpc) is 3.36. The fourth-order valence-electron chi connectivity index (χ4n) is 6.21. The largest absolute Gasteiger partial charge is 0.228 e. The summed E-state index contributed by atoms with van der Waals surface area (Å²) in [5.41, 5.74) is 4.16. The zero-order valence-electron chi connectivity index (χ0n) is 19.7. The molecule has 170 valence electrons. The van der Waals surface area contributed by atoms with Crippen molar-refractivity contribution in [3.05, 3.63) is 109 Å². The van der Waals surface area contributed by atoms with Crippen molar-refractivity contribution in [3.63, 3.8) is 0 Å². The molecule has 3 heteroatoms. The van der Waals surface area contributed by atoms with E-state index >= 15 is 0 Å². The van der Waals surface area contributed by atoms with Gasteiger partial charge in [0.2, 0.25) is 0 Å². The molecule has 2 heterocycles. The number of benzene rings is 7. The summed E-state index contributed by atoms with van der Waals surface area (Å²) in [6.45, 7) is 0. The van der Waals surface area contributed by atoms with E-state index in [1.54, 1.807) is 0 Å². The number of hydrogen-bond donors (Lipinski definition) is 0. The van der Waals surface area contributed by atoms with Gasteiger partial charge in [0, 0.05) is 36.7 Å². The van der Waals surface area contributed by atoms with E-state index in [9.17, 15) is 0 Å². The van der Waals surface area contributed by atoms with E-state index in [1.165, 1.54) is 52.5 Å². The Labute approximate surface area is 216 Å². The molecule has 2 nitrogen and oxygen atoms in total. The van der Waals surface area contributed by atoms with Gasteiger partial charge in [-0.2, -0.15) is 0 Å². The van der Waals surface area contributed by atoms with Crippen LogP contribution >= 0.6 is 11.3 Å². The average molecular weight is 487 g/mol. The highest BCUT2D eigenvalue weighted by atomic mass is 32.1. The Balaban J connectivity index is 1.48. The van der Waals surface area contributed by atoms with E-state index in [4.69, 9.17) is 9.97 Å². The van der Waals surface area contributed by atoms with Crippen LogP contribution in [0.4, 0.5) is 0 Å². The van der Waals surface area contributed by atoms with Gasteiger partial charge >= 0.3 is 0 Å². The Morgan fingerprint density at radius 3 is 2.19 bits per heavy atom. The first-order chi connectivity index (χ1) is 18.3. The van der Waals surface area contributed by atoms with Crippen LogP contribution in [0, 0.1) is 0 Å². The van der Waals surface area contributed by atoms with Gasteiger partial charge in [-0.1, -0.05) is 91.0 Å². The molecular weight excluding hydrogens is 468 g/mol. The Hall–Kier alpha value is -4.60. The molecule has 0 saturated heterocycles. The lowest BCUT2D eigenvalue weighted by molar-refractivity contribution is 1.24. The van der Waals surface area contributed by atoms with Gasteiger partial charge in [0.1, 0.15) is 0 Å². The van der Waals surface area contributed by atoms with E-state index in [1.807, 2.05) is 17.4 Å². The molecule has 0 radical (unpaired) electrons. The van der Waals surface area contributed by atoms with Gasteiger partial charge < -0.3 is 0 Å². The first kappa shape index (κ1) is 19.6. The van der Waals surface area contributed by atoms with E-state index in [0.717, 1.165) is 33.5 Å². The van der Waals surface area contributed by atoms with Crippen molar-refractivity contribution in [3.8, 4) is 22.6 Å². The van der Waals surface area contributed by atoms with Gasteiger partial charge in [-0.15, -0.1) is 11.3 Å². The maximum absolute atomic E-state index is 5.24. The number of para-hydroxylation sites is 1. The topological polar surface area (TPSA) is 25.8 Å². The van der Waals surface area contributed by atoms with Gasteiger partial charge in [0.25, 0.3) is 0 Å². The van der Waals surface area contributed by atoms with Crippen molar-refractivity contribution < 1.29 is 0 Å². The summed E-state index contributed by atoms with van der Waals surface area (Å²) in [5, 5.41) is 11.7. The minimum absolute atomic E-state index is 0.784. The lowest BCUT2D eigenvalue weighted by atomic mass is 9.88. The van der Waals surface area contributed by atoms with Crippen LogP contribution < -0.4 is 0 Å². The SMILES string of the molecule is c1ccc(-c2nc(-c3cc4ccc5cccc6c7cccc8sc3c(c87)c4c56)nc3ccccc23)cc1. The van der Waals surface area contributed by atoms with Gasteiger partial charge in [-0.3, -0.25) is 0 Å². The van der Waals surface area contributed by atoms with Gasteiger partial charge in [0.15, 0.2) is 5.82 Å². The Morgan fingerprint density at radius 2 is 1.27 bits per heavy atom. The molecule has 9 aromatic rings. The first-order valence-corrected chi connectivity index (χ1v) is 13.3. The molecular formula is C34H18N2S. The first-order valence-electron chi connectivity index (χ1n) is 12.5. The molecule has 0 aliphatic heterocycles. The summed E-state index contributed by atoms with van der Waals surface area (Å²) in [6.07, 6.45) is 0. The lowest BCUT2D eigenvalue weighted by Gasteiger charge is -2.15. The van der Waals surface area contributed by atoms with Crippen molar-refractivity contribution in [1.29, 1.82) is 0 Å². The van der Waals surface area contributed by atoms with Crippen molar-refractivity contribution in [1.82, 2.24) is 9.97 Å². The molecule has 0 aliphatic rings. The number of aromatic nitrogens is 2. The quantitative estimate of drug-likeness (QED) is 0.179. The summed E-state index contributed by atoms with van der Waals surface area (Å²) in [6, 6.07) is 39.0. The highest BCUT2D eigenvalue weighted by molar-refractivity contribution is 7.26. The monoisotopic (exact) mass is 486 g/mol. The van der Waals surface area contributed by atoms with Crippen molar-refractivity contribution >= 4 is 74.7 Å². The summed E-state index contributed by atoms with van der Waals surface area (Å²) in [4.78, 5) is 10.4. The zero-order chi connectivity index (χ0) is 24.1. The number of hydrogen-bond acceptors (Lipinski definition) is 3. The third kappa shape index (κ3) is 2.54. The van der Waals surface area contributed by atoms with Crippen LogP contribution in [0.2, 0.25) is 0 Å². The molecule has 0 amide bonds. The van der Waals surface area contributed by atoms with Gasteiger partial charge in [-0.25, -0.2) is 9.97 Å². The van der Waals surface area contributed by atoms with Gasteiger partial charge in [-0.05, 0) is 50.5 Å². The van der Waals surface area contributed by atoms with E-state index in [-0.39, 0.29) is 0 Å². The van der Waals surface area contributed by atoms with Crippen LogP contribution in [0.3, 0.4) is 0 Å². The maximum atomic E-state index is 5.24. The fourth-order valence-corrected chi connectivity index (χ4v) is 7.46. The number of rotatable bonds is 2. The number of nitrogens with zero attached hydrogens (tertiary/aromatic N) is 2. The van der Waals surface area contributed by atoms with Crippen LogP contribution in [-0.2, 0) is 0 Å². The Morgan fingerprint density at radius 1 is 0.514 bits per heavy atom. The number of fused-ring (bicyclic) bond motifs is 2. The third-order valence-electron chi connectivity index (χ3n) is 7.77. The summed E-state index contributed by atoms with van der Waals surface area (Å²) < 4.78 is 2.59. The smallest absolute Gasteiger partial charge is 0.161 e. The third-order valence-corrected chi connectivity index (χ3v) is 8.96. The molecule has 9 rings (SSSR count). The van der Waals surface area contributed by atoms with Crippen LogP contribution in [0.5, 0.6) is 0 Å². The molecule has 0 aliphatic carbocycles. The fraction of sp³-hybridized carbons (Fsp3) is 0. The highest BCUT2D eigenvalue weighted by Crippen LogP contribution is 2.50. The molecule has 2 aromatic heterocycles. The van der Waals surface area contributed by atoms with Crippen LogP contribution in [-0.4, -0.2) is 9.97 Å². The zero-order valence-corrected chi connectivity index (χ0v) is 20.5. The van der Waals surface area contributed by atoms with E-state index < -0.39 is 0 Å². The lowest BCUT2D eigenvalue weighted by Crippen LogP contribution is -1.96. The molecule has 0 N–H and O–H groups in total. The minimum Gasteiger partial charge on any atom is -0.228 e. The van der Waals surface area contributed by atoms with Crippen molar-refractivity contribution in [2.45, 2.75) is 0 Å². The second kappa shape index (κ2) is 7.00. The molecule has 0 unspecified atom stereocenters. The Bertz CT molecular complexity index is 2300. The molecule has 0 saturated carbocycles. The van der Waals surface area contributed by atoms with E-state index in [2.05, 4.69) is 103 Å². The summed E-state index contributed by atoms with van der Waals surface area (Å²) >= 11 is 1.86. The maximum Gasteiger partial charge on any atom is 0.161 e. The predicted molar refractivity (Wildman–Crippen MR) is 158 cm³/mol. The van der Waals surface area contributed by atoms with Crippen molar-refractivity contribution in [2.75, 3.05) is 0 Å². The molecule has 0 fully saturated rings. The second-order valence-electron chi connectivity index (χ2n) is 9.76. The highest BCUT2D eigenvalue weighted by Gasteiger charge is 2.23. The molecule has 0 spiro atoms. The molecule has 0 atom stereocenters. The normalized spacial score (nSPS) is 12.3. The van der Waals surface area contributed by atoms with Crippen molar-refractivity contribution in [2.24, 2.45) is 0 Å². The van der Waals surface area contributed by atoms with Crippen LogP contribution in [0.25, 0.3) is 86.0 Å². The van der Waals surface area contributed by atoms with E-state index in [0.29, 0.717) is 0 Å². The molecule has 0 bridgehead atoms. The minimum atomic E-state index is 0.784.